The molecule has 0 aliphatic heterocycles. The minimum Gasteiger partial charge on any atom is -0.438 e. The second kappa shape index (κ2) is 11.4. The van der Waals surface area contributed by atoms with Crippen LogP contribution in [0.5, 0.6) is 11.6 Å². The Labute approximate surface area is 200 Å². The van der Waals surface area contributed by atoms with E-state index in [2.05, 4.69) is 35.3 Å². The number of ether oxygens (including phenoxy) is 1. The van der Waals surface area contributed by atoms with Crippen LogP contribution in [0.4, 0.5) is 0 Å². The average Bonchev–Trinajstić information content (AvgIpc) is 2.90. The third-order valence-corrected chi connectivity index (χ3v) is 6.31. The highest BCUT2D eigenvalue weighted by molar-refractivity contribution is 5.92. The van der Waals surface area contributed by atoms with E-state index in [1.807, 2.05) is 36.4 Å². The number of carbonyl (C=O) groups is 1. The molecule has 0 atom stereocenters. The number of nitrogens with zero attached hydrogens (tertiary/aromatic N) is 1. The van der Waals surface area contributed by atoms with E-state index in [1.54, 1.807) is 17.7 Å². The van der Waals surface area contributed by atoms with Gasteiger partial charge in [-0.05, 0) is 47.4 Å². The zero-order valence-corrected chi connectivity index (χ0v) is 19.3. The molecule has 1 aliphatic carbocycles. The first-order valence-electron chi connectivity index (χ1n) is 11.8. The van der Waals surface area contributed by atoms with Gasteiger partial charge in [0.05, 0.1) is 5.56 Å². The zero-order valence-electron chi connectivity index (χ0n) is 19.3. The number of fused-ring (bicyclic) bond motifs is 1. The summed E-state index contributed by atoms with van der Waals surface area (Å²) in [6, 6.07) is 25.9. The summed E-state index contributed by atoms with van der Waals surface area (Å²) >= 11 is 0. The summed E-state index contributed by atoms with van der Waals surface area (Å²) in [7, 11) is 0. The fourth-order valence-corrected chi connectivity index (χ4v) is 4.46. The topological polar surface area (TPSA) is 91.2 Å². The molecule has 3 aromatic carbocycles. The molecule has 0 saturated heterocycles. The standard InChI is InChI=1S/C17H15N3O2.C12H16/c18-9-11-5-7-15(14-4-2-1-3-13(11)14)22-16-8-6-12(10-20-16)17(19)21;1-3-7-11(8-4-1)12-9-5-2-6-10-12/h1-8,10H,9,18H2,(H2,19,21);1,3-4,7-8,12H,2,5-6,9-10H2. The van der Waals surface area contributed by atoms with Gasteiger partial charge >= 0.3 is 0 Å². The maximum atomic E-state index is 11.0. The predicted octanol–water partition coefficient (Wildman–Crippen LogP) is 6.32. The van der Waals surface area contributed by atoms with Gasteiger partial charge in [0, 0.05) is 24.2 Å². The van der Waals surface area contributed by atoms with Crippen molar-refractivity contribution in [1.29, 1.82) is 0 Å². The van der Waals surface area contributed by atoms with Crippen LogP contribution in [0.2, 0.25) is 0 Å². The molecule has 1 aromatic heterocycles. The van der Waals surface area contributed by atoms with Gasteiger partial charge in [0.25, 0.3) is 0 Å². The number of pyridine rings is 1. The number of amides is 1. The van der Waals surface area contributed by atoms with E-state index in [-0.39, 0.29) is 0 Å². The summed E-state index contributed by atoms with van der Waals surface area (Å²) in [5.41, 5.74) is 13.9. The molecule has 174 valence electrons. The van der Waals surface area contributed by atoms with Crippen molar-refractivity contribution in [3.05, 3.63) is 102 Å². The molecule has 1 heterocycles. The lowest BCUT2D eigenvalue weighted by Crippen LogP contribution is -2.10. The fraction of sp³-hybridized carbons (Fsp3) is 0.241. The van der Waals surface area contributed by atoms with E-state index in [9.17, 15) is 4.79 Å². The third-order valence-electron chi connectivity index (χ3n) is 6.31. The number of benzene rings is 3. The number of hydrogen-bond donors (Lipinski definition) is 2. The second-order valence-corrected chi connectivity index (χ2v) is 8.57. The predicted molar refractivity (Wildman–Crippen MR) is 137 cm³/mol. The number of rotatable bonds is 5. The molecule has 4 N–H and O–H groups in total. The van der Waals surface area contributed by atoms with Crippen molar-refractivity contribution < 1.29 is 9.53 Å². The molecule has 4 aromatic rings. The van der Waals surface area contributed by atoms with Crippen LogP contribution < -0.4 is 16.2 Å². The highest BCUT2D eigenvalue weighted by atomic mass is 16.5. The Kier molecular flexibility index (Phi) is 7.89. The molecule has 0 unspecified atom stereocenters. The second-order valence-electron chi connectivity index (χ2n) is 8.57. The first-order chi connectivity index (χ1) is 16.7. The number of aromatic nitrogens is 1. The highest BCUT2D eigenvalue weighted by Crippen LogP contribution is 2.32. The average molecular weight is 454 g/mol. The lowest BCUT2D eigenvalue weighted by atomic mass is 9.84. The van der Waals surface area contributed by atoms with Gasteiger partial charge in [0.2, 0.25) is 11.8 Å². The van der Waals surface area contributed by atoms with Crippen molar-refractivity contribution in [2.75, 3.05) is 0 Å². The van der Waals surface area contributed by atoms with Gasteiger partial charge in [-0.2, -0.15) is 0 Å². The molecule has 5 heteroatoms. The Balaban J connectivity index is 0.000000192. The van der Waals surface area contributed by atoms with Gasteiger partial charge in [0.15, 0.2) is 0 Å². The SMILES string of the molecule is NCc1ccc(Oc2ccc(C(N)=O)cn2)c2ccccc12.c1ccc(C2CCCCC2)cc1. The molecule has 5 rings (SSSR count). The van der Waals surface area contributed by atoms with Crippen LogP contribution in [0, 0.1) is 0 Å². The van der Waals surface area contributed by atoms with Gasteiger partial charge in [-0.15, -0.1) is 0 Å². The Bertz CT molecular complexity index is 1220. The molecule has 1 aliphatic rings. The number of hydrogen-bond acceptors (Lipinski definition) is 4. The molecule has 34 heavy (non-hydrogen) atoms. The van der Waals surface area contributed by atoms with E-state index in [0.29, 0.717) is 23.7 Å². The van der Waals surface area contributed by atoms with Gasteiger partial charge in [0.1, 0.15) is 5.75 Å². The molecule has 1 fully saturated rings. The molecule has 0 bridgehead atoms. The van der Waals surface area contributed by atoms with Crippen LogP contribution in [0.1, 0.15) is 59.5 Å². The molecule has 1 amide bonds. The molecule has 5 nitrogen and oxygen atoms in total. The smallest absolute Gasteiger partial charge is 0.250 e. The maximum Gasteiger partial charge on any atom is 0.250 e. The van der Waals surface area contributed by atoms with Gasteiger partial charge in [-0.3, -0.25) is 4.79 Å². The van der Waals surface area contributed by atoms with Crippen LogP contribution in [0.25, 0.3) is 10.8 Å². The van der Waals surface area contributed by atoms with Crippen molar-refractivity contribution in [3.63, 3.8) is 0 Å². The summed E-state index contributed by atoms with van der Waals surface area (Å²) in [6.45, 7) is 0.465. The number of primary amides is 1. The summed E-state index contributed by atoms with van der Waals surface area (Å²) < 4.78 is 5.82. The monoisotopic (exact) mass is 453 g/mol. The lowest BCUT2D eigenvalue weighted by Gasteiger charge is -2.21. The number of carbonyl (C=O) groups excluding carboxylic acids is 1. The Morgan fingerprint density at radius 2 is 1.56 bits per heavy atom. The van der Waals surface area contributed by atoms with Crippen LogP contribution >= 0.6 is 0 Å². The van der Waals surface area contributed by atoms with Gasteiger partial charge in [-0.1, -0.05) is 79.9 Å². The fourth-order valence-electron chi connectivity index (χ4n) is 4.46. The molecular weight excluding hydrogens is 422 g/mol. The van der Waals surface area contributed by atoms with E-state index in [0.717, 1.165) is 22.3 Å². The van der Waals surface area contributed by atoms with Crippen molar-refractivity contribution in [3.8, 4) is 11.6 Å². The van der Waals surface area contributed by atoms with Gasteiger partial charge < -0.3 is 16.2 Å². The van der Waals surface area contributed by atoms with Crippen molar-refractivity contribution >= 4 is 16.7 Å². The first kappa shape index (κ1) is 23.5. The highest BCUT2D eigenvalue weighted by Gasteiger charge is 2.14. The van der Waals surface area contributed by atoms with Crippen molar-refractivity contribution in [2.45, 2.75) is 44.6 Å². The maximum absolute atomic E-state index is 11.0. The minimum atomic E-state index is -0.517. The van der Waals surface area contributed by atoms with Crippen LogP contribution in [0.15, 0.2) is 85.1 Å². The van der Waals surface area contributed by atoms with E-state index >= 15 is 0 Å². The third kappa shape index (κ3) is 5.80. The summed E-state index contributed by atoms with van der Waals surface area (Å²) in [4.78, 5) is 15.1. The Morgan fingerprint density at radius 1 is 0.853 bits per heavy atom. The Hall–Kier alpha value is -3.70. The van der Waals surface area contributed by atoms with Gasteiger partial charge in [-0.25, -0.2) is 4.98 Å². The van der Waals surface area contributed by atoms with E-state index in [4.69, 9.17) is 16.2 Å². The normalized spacial score (nSPS) is 13.7. The lowest BCUT2D eigenvalue weighted by molar-refractivity contribution is 0.1000. The molecular formula is C29H31N3O2. The molecule has 1 saturated carbocycles. The molecule has 0 spiro atoms. The minimum absolute atomic E-state index is 0.343. The van der Waals surface area contributed by atoms with Crippen molar-refractivity contribution in [1.82, 2.24) is 4.98 Å². The van der Waals surface area contributed by atoms with Crippen molar-refractivity contribution in [2.24, 2.45) is 11.5 Å². The van der Waals surface area contributed by atoms with Crippen LogP contribution in [-0.2, 0) is 6.54 Å². The quantitative estimate of drug-likeness (QED) is 0.370. The van der Waals surface area contributed by atoms with Crippen LogP contribution in [-0.4, -0.2) is 10.9 Å². The zero-order chi connectivity index (χ0) is 23.8. The first-order valence-corrected chi connectivity index (χ1v) is 11.8. The summed E-state index contributed by atoms with van der Waals surface area (Å²) in [5.74, 6) is 1.43. The van der Waals surface area contributed by atoms with E-state index in [1.165, 1.54) is 38.3 Å². The Morgan fingerprint density at radius 3 is 2.21 bits per heavy atom. The molecule has 0 radical (unpaired) electrons. The largest absolute Gasteiger partial charge is 0.438 e. The summed E-state index contributed by atoms with van der Waals surface area (Å²) in [5, 5.41) is 2.02. The summed E-state index contributed by atoms with van der Waals surface area (Å²) in [6.07, 6.45) is 8.52. The number of nitrogens with two attached hydrogens (primary N) is 2. The van der Waals surface area contributed by atoms with Crippen LogP contribution in [0.3, 0.4) is 0 Å². The van der Waals surface area contributed by atoms with E-state index < -0.39 is 5.91 Å².